The zero-order chi connectivity index (χ0) is 16.5. The van der Waals surface area contributed by atoms with E-state index in [1.165, 1.54) is 28.2 Å². The first-order chi connectivity index (χ1) is 10.3. The molecular weight excluding hydrogens is 340 g/mol. The van der Waals surface area contributed by atoms with Crippen molar-refractivity contribution in [2.75, 3.05) is 20.1 Å². The number of carbonyl (C=O) groups is 1. The van der Waals surface area contributed by atoms with Gasteiger partial charge in [-0.15, -0.1) is 12.4 Å². The summed E-state index contributed by atoms with van der Waals surface area (Å²) in [6, 6.07) is 1.23. The van der Waals surface area contributed by atoms with Crippen LogP contribution >= 0.6 is 12.4 Å². The maximum Gasteiger partial charge on any atom is 0.267 e. The molecule has 1 aromatic rings. The van der Waals surface area contributed by atoms with Crippen molar-refractivity contribution in [1.29, 1.82) is 0 Å². The highest BCUT2D eigenvalue weighted by Crippen LogP contribution is 2.28. The maximum atomic E-state index is 12.9. The first kappa shape index (κ1) is 20.0. The summed E-state index contributed by atoms with van der Waals surface area (Å²) in [5, 5.41) is 2.50. The van der Waals surface area contributed by atoms with E-state index in [2.05, 4.69) is 12.2 Å². The van der Waals surface area contributed by atoms with Gasteiger partial charge in [-0.1, -0.05) is 6.92 Å². The number of piperidine rings is 1. The minimum atomic E-state index is -3.64. The van der Waals surface area contributed by atoms with Crippen LogP contribution in [0.3, 0.4) is 0 Å². The minimum Gasteiger partial charge on any atom is -0.354 e. The first-order valence-corrected chi connectivity index (χ1v) is 8.85. The zero-order valence-corrected chi connectivity index (χ0v) is 15.3. The lowest BCUT2D eigenvalue weighted by Gasteiger charge is -2.36. The van der Waals surface area contributed by atoms with Gasteiger partial charge in [-0.25, -0.2) is 8.42 Å². The molecule has 1 fully saturated rings. The van der Waals surface area contributed by atoms with Gasteiger partial charge in [0.2, 0.25) is 10.0 Å². The van der Waals surface area contributed by atoms with Gasteiger partial charge in [0.25, 0.3) is 5.91 Å². The molecule has 132 valence electrons. The zero-order valence-electron chi connectivity index (χ0n) is 13.7. The van der Waals surface area contributed by atoms with E-state index in [-0.39, 0.29) is 29.3 Å². The Hall–Kier alpha value is -1.09. The highest BCUT2D eigenvalue weighted by atomic mass is 35.5. The van der Waals surface area contributed by atoms with Crippen LogP contribution in [-0.4, -0.2) is 49.4 Å². The molecule has 1 aliphatic heterocycles. The molecule has 0 aliphatic carbocycles. The first-order valence-electron chi connectivity index (χ1n) is 7.41. The Bertz CT molecular complexity index is 659. The number of nitrogens with two attached hydrogens (primary N) is 1. The average Bonchev–Trinajstić information content (AvgIpc) is 2.88. The number of halogens is 1. The summed E-state index contributed by atoms with van der Waals surface area (Å²) >= 11 is 0. The predicted molar refractivity (Wildman–Crippen MR) is 91.2 cm³/mol. The normalized spacial score (nSPS) is 22.4. The van der Waals surface area contributed by atoms with E-state index in [1.807, 2.05) is 0 Å². The van der Waals surface area contributed by atoms with E-state index >= 15 is 0 Å². The third-order valence-electron chi connectivity index (χ3n) is 4.24. The van der Waals surface area contributed by atoms with E-state index in [9.17, 15) is 13.2 Å². The van der Waals surface area contributed by atoms with Crippen LogP contribution in [0.2, 0.25) is 0 Å². The van der Waals surface area contributed by atoms with Gasteiger partial charge in [0, 0.05) is 39.4 Å². The summed E-state index contributed by atoms with van der Waals surface area (Å²) in [6.07, 6.45) is 3.07. The lowest BCUT2D eigenvalue weighted by molar-refractivity contribution is 0.0955. The summed E-state index contributed by atoms with van der Waals surface area (Å²) in [6.45, 7) is 2.88. The minimum absolute atomic E-state index is 0. The second kappa shape index (κ2) is 7.65. The van der Waals surface area contributed by atoms with Crippen LogP contribution in [0, 0.1) is 5.92 Å². The molecule has 7 nitrogen and oxygen atoms in total. The largest absolute Gasteiger partial charge is 0.354 e. The van der Waals surface area contributed by atoms with Crippen LogP contribution in [0.25, 0.3) is 0 Å². The summed E-state index contributed by atoms with van der Waals surface area (Å²) in [5.74, 6) is 0.156. The Morgan fingerprint density at radius 1 is 1.48 bits per heavy atom. The van der Waals surface area contributed by atoms with Crippen LogP contribution in [0.15, 0.2) is 17.2 Å². The van der Waals surface area contributed by atoms with Crippen LogP contribution < -0.4 is 11.1 Å². The van der Waals surface area contributed by atoms with Gasteiger partial charge in [-0.05, 0) is 24.8 Å². The third-order valence-corrected chi connectivity index (χ3v) is 6.16. The molecule has 2 rings (SSSR count). The molecule has 0 saturated carbocycles. The van der Waals surface area contributed by atoms with Crippen molar-refractivity contribution in [1.82, 2.24) is 14.2 Å². The second-order valence-corrected chi connectivity index (χ2v) is 7.78. The molecule has 1 aromatic heterocycles. The Morgan fingerprint density at radius 2 is 2.13 bits per heavy atom. The number of amides is 1. The van der Waals surface area contributed by atoms with Gasteiger partial charge in [0.1, 0.15) is 10.6 Å². The number of nitrogens with zero attached hydrogens (tertiary/aromatic N) is 2. The van der Waals surface area contributed by atoms with Gasteiger partial charge in [0.15, 0.2) is 0 Å². The van der Waals surface area contributed by atoms with E-state index in [4.69, 9.17) is 5.73 Å². The molecule has 2 unspecified atom stereocenters. The molecule has 1 aliphatic rings. The molecule has 1 saturated heterocycles. The van der Waals surface area contributed by atoms with Gasteiger partial charge in [-0.2, -0.15) is 4.31 Å². The van der Waals surface area contributed by atoms with Gasteiger partial charge < -0.3 is 15.6 Å². The smallest absolute Gasteiger partial charge is 0.267 e. The van der Waals surface area contributed by atoms with Crippen molar-refractivity contribution in [2.24, 2.45) is 18.7 Å². The van der Waals surface area contributed by atoms with Crippen LogP contribution in [0.4, 0.5) is 0 Å². The summed E-state index contributed by atoms with van der Waals surface area (Å²) in [7, 11) is -0.469. The fourth-order valence-corrected chi connectivity index (χ4v) is 4.66. The van der Waals surface area contributed by atoms with Crippen molar-refractivity contribution < 1.29 is 13.2 Å². The molecule has 0 aromatic carbocycles. The Balaban J connectivity index is 0.00000264. The average molecular weight is 365 g/mol. The molecule has 0 radical (unpaired) electrons. The Morgan fingerprint density at radius 3 is 2.70 bits per heavy atom. The standard InChI is InChI=1S/C14H24N4O3S.ClH/c1-10-4-5-18(11(6-10)8-15)22(20,21)12-7-13(14(19)16-2)17(3)9-12;/h7,9-11H,4-6,8,15H2,1-3H3,(H,16,19);1H. The van der Waals surface area contributed by atoms with Crippen LogP contribution in [-0.2, 0) is 17.1 Å². The van der Waals surface area contributed by atoms with Crippen molar-refractivity contribution in [3.63, 3.8) is 0 Å². The van der Waals surface area contributed by atoms with Crippen LogP contribution in [0.5, 0.6) is 0 Å². The number of aromatic nitrogens is 1. The molecule has 2 atom stereocenters. The van der Waals surface area contributed by atoms with E-state index in [0.29, 0.717) is 24.7 Å². The molecule has 2 heterocycles. The molecule has 0 bridgehead atoms. The number of nitrogens with one attached hydrogen (secondary N) is 1. The topological polar surface area (TPSA) is 97.4 Å². The lowest BCUT2D eigenvalue weighted by atomic mass is 9.94. The fourth-order valence-electron chi connectivity index (χ4n) is 2.92. The van der Waals surface area contributed by atoms with Gasteiger partial charge >= 0.3 is 0 Å². The van der Waals surface area contributed by atoms with Crippen LogP contribution in [0.1, 0.15) is 30.3 Å². The maximum absolute atomic E-state index is 12.9. The number of rotatable bonds is 4. The SMILES string of the molecule is CNC(=O)c1cc(S(=O)(=O)N2CCC(C)CC2CN)cn1C.Cl. The molecule has 1 amide bonds. The number of carbonyl (C=O) groups excluding carboxylic acids is 1. The third kappa shape index (κ3) is 3.88. The van der Waals surface area contributed by atoms with Crippen molar-refractivity contribution >= 4 is 28.3 Å². The number of hydrogen-bond donors (Lipinski definition) is 2. The molecular formula is C14H25ClN4O3S. The molecule has 9 heteroatoms. The number of aryl methyl sites for hydroxylation is 1. The second-order valence-electron chi connectivity index (χ2n) is 5.89. The summed E-state index contributed by atoms with van der Waals surface area (Å²) in [4.78, 5) is 11.9. The molecule has 3 N–H and O–H groups in total. The number of hydrogen-bond acceptors (Lipinski definition) is 4. The Labute approximate surface area is 143 Å². The highest BCUT2D eigenvalue weighted by molar-refractivity contribution is 7.89. The van der Waals surface area contributed by atoms with Crippen molar-refractivity contribution in [3.05, 3.63) is 18.0 Å². The fraction of sp³-hybridized carbons (Fsp3) is 0.643. The predicted octanol–water partition coefficient (Wildman–Crippen LogP) is 0.554. The number of sulfonamides is 1. The van der Waals surface area contributed by atoms with E-state index in [0.717, 1.165) is 12.8 Å². The van der Waals surface area contributed by atoms with Gasteiger partial charge in [0.05, 0.1) is 0 Å². The molecule has 23 heavy (non-hydrogen) atoms. The van der Waals surface area contributed by atoms with Gasteiger partial charge in [-0.3, -0.25) is 4.79 Å². The highest BCUT2D eigenvalue weighted by Gasteiger charge is 2.35. The van der Waals surface area contributed by atoms with Crippen molar-refractivity contribution in [2.45, 2.75) is 30.7 Å². The summed E-state index contributed by atoms with van der Waals surface area (Å²) < 4.78 is 28.7. The lowest BCUT2D eigenvalue weighted by Crippen LogP contribution is -2.49. The van der Waals surface area contributed by atoms with E-state index in [1.54, 1.807) is 7.05 Å². The Kier molecular flexibility index (Phi) is 6.64. The quantitative estimate of drug-likeness (QED) is 0.815. The van der Waals surface area contributed by atoms with Crippen molar-refractivity contribution in [3.8, 4) is 0 Å². The monoisotopic (exact) mass is 364 g/mol. The van der Waals surface area contributed by atoms with E-state index < -0.39 is 10.0 Å². The summed E-state index contributed by atoms with van der Waals surface area (Å²) in [5.41, 5.74) is 6.08. The molecule has 0 spiro atoms.